The summed E-state index contributed by atoms with van der Waals surface area (Å²) < 4.78 is 0. The molecule has 0 nitrogen and oxygen atoms in total. The molecule has 0 radical (unpaired) electrons. The fraction of sp³-hybridized carbons (Fsp3) is 0.111. The summed E-state index contributed by atoms with van der Waals surface area (Å²) in [5.41, 5.74) is 14.8. The molecule has 170 valence electrons. The number of rotatable bonds is 1. The van der Waals surface area contributed by atoms with E-state index in [0.717, 1.165) is 12.8 Å². The lowest BCUT2D eigenvalue weighted by Gasteiger charge is -2.31. The van der Waals surface area contributed by atoms with Gasteiger partial charge < -0.3 is 0 Å². The van der Waals surface area contributed by atoms with Crippen LogP contribution in [0.1, 0.15) is 46.2 Å². The third kappa shape index (κ3) is 2.44. The summed E-state index contributed by atoms with van der Waals surface area (Å²) in [5, 5.41) is 2.65. The predicted octanol–water partition coefficient (Wildman–Crippen LogP) is 9.23. The highest BCUT2D eigenvalue weighted by Crippen LogP contribution is 2.64. The number of allylic oxidation sites excluding steroid dienone is 4. The lowest BCUT2D eigenvalue weighted by Crippen LogP contribution is -2.26. The SMILES string of the molecule is Cc1ccc2c(c1)C1(c3cc(C4=CCCC=C4)ccc3-2)c2ccccc2-c2c1ccc1ccccc21. The Morgan fingerprint density at radius 3 is 2.31 bits per heavy atom. The molecule has 8 rings (SSSR count). The van der Waals surface area contributed by atoms with Gasteiger partial charge in [-0.1, -0.05) is 115 Å². The maximum atomic E-state index is 2.49. The van der Waals surface area contributed by atoms with Crippen molar-refractivity contribution in [1.82, 2.24) is 0 Å². The van der Waals surface area contributed by atoms with E-state index in [0.29, 0.717) is 0 Å². The Kier molecular flexibility index (Phi) is 4.00. The van der Waals surface area contributed by atoms with Gasteiger partial charge in [-0.3, -0.25) is 0 Å². The lowest BCUT2D eigenvalue weighted by molar-refractivity contribution is 0.793. The van der Waals surface area contributed by atoms with E-state index in [2.05, 4.69) is 122 Å². The number of fused-ring (bicyclic) bond motifs is 12. The zero-order chi connectivity index (χ0) is 23.9. The summed E-state index contributed by atoms with van der Waals surface area (Å²) in [6.45, 7) is 2.22. The molecule has 5 aromatic rings. The van der Waals surface area contributed by atoms with Crippen LogP contribution in [0.15, 0.2) is 115 Å². The van der Waals surface area contributed by atoms with Crippen LogP contribution in [0.4, 0.5) is 0 Å². The molecule has 0 bridgehead atoms. The van der Waals surface area contributed by atoms with Crippen LogP contribution in [0.5, 0.6) is 0 Å². The molecule has 0 aromatic heterocycles. The molecule has 0 heteroatoms. The molecule has 5 aromatic carbocycles. The van der Waals surface area contributed by atoms with E-state index in [-0.39, 0.29) is 5.41 Å². The van der Waals surface area contributed by atoms with Crippen molar-refractivity contribution in [2.24, 2.45) is 0 Å². The highest BCUT2D eigenvalue weighted by Gasteiger charge is 2.52. The first-order chi connectivity index (χ1) is 17.8. The van der Waals surface area contributed by atoms with Crippen LogP contribution in [0.25, 0.3) is 38.6 Å². The fourth-order valence-electron chi connectivity index (χ4n) is 7.07. The van der Waals surface area contributed by atoms with Crippen LogP contribution in [-0.2, 0) is 5.41 Å². The Morgan fingerprint density at radius 2 is 1.42 bits per heavy atom. The Morgan fingerprint density at radius 1 is 0.611 bits per heavy atom. The van der Waals surface area contributed by atoms with E-state index >= 15 is 0 Å². The molecule has 3 aliphatic rings. The largest absolute Gasteiger partial charge is 0.0836 e. The maximum Gasteiger partial charge on any atom is 0.0726 e. The van der Waals surface area contributed by atoms with Gasteiger partial charge in [-0.2, -0.15) is 0 Å². The third-order valence-electron chi connectivity index (χ3n) is 8.55. The smallest absolute Gasteiger partial charge is 0.0726 e. The first kappa shape index (κ1) is 20.1. The summed E-state index contributed by atoms with van der Waals surface area (Å²) in [4.78, 5) is 0. The predicted molar refractivity (Wildman–Crippen MR) is 151 cm³/mol. The monoisotopic (exact) mass is 458 g/mol. The van der Waals surface area contributed by atoms with Gasteiger partial charge >= 0.3 is 0 Å². The second kappa shape index (κ2) is 7.18. The second-order valence-electron chi connectivity index (χ2n) is 10.5. The average Bonchev–Trinajstić information content (AvgIpc) is 3.40. The topological polar surface area (TPSA) is 0 Å². The zero-order valence-electron chi connectivity index (χ0n) is 20.4. The molecule has 36 heavy (non-hydrogen) atoms. The van der Waals surface area contributed by atoms with Gasteiger partial charge in [0, 0.05) is 0 Å². The van der Waals surface area contributed by atoms with Crippen LogP contribution >= 0.6 is 0 Å². The Bertz CT molecular complexity index is 1800. The van der Waals surface area contributed by atoms with E-state index in [9.17, 15) is 0 Å². The normalized spacial score (nSPS) is 18.6. The van der Waals surface area contributed by atoms with Crippen LogP contribution in [0, 0.1) is 6.92 Å². The maximum absolute atomic E-state index is 2.49. The first-order valence-corrected chi connectivity index (χ1v) is 13.0. The third-order valence-corrected chi connectivity index (χ3v) is 8.55. The molecule has 0 fully saturated rings. The van der Waals surface area contributed by atoms with Crippen molar-refractivity contribution in [1.29, 1.82) is 0 Å². The zero-order valence-corrected chi connectivity index (χ0v) is 20.4. The quantitative estimate of drug-likeness (QED) is 0.230. The Labute approximate surface area is 212 Å². The van der Waals surface area contributed by atoms with Gasteiger partial charge in [0.1, 0.15) is 0 Å². The number of hydrogen-bond acceptors (Lipinski definition) is 0. The summed E-state index contributed by atoms with van der Waals surface area (Å²) in [6.07, 6.45) is 9.25. The number of hydrogen-bond donors (Lipinski definition) is 0. The van der Waals surface area contributed by atoms with E-state index in [4.69, 9.17) is 0 Å². The number of benzene rings is 5. The molecular weight excluding hydrogens is 432 g/mol. The van der Waals surface area contributed by atoms with Gasteiger partial charge in [0.05, 0.1) is 5.41 Å². The second-order valence-corrected chi connectivity index (χ2v) is 10.5. The minimum Gasteiger partial charge on any atom is -0.0836 e. The molecule has 1 spiro atoms. The molecule has 1 unspecified atom stereocenters. The Hall–Kier alpha value is -4.16. The minimum absolute atomic E-state index is 0.304. The summed E-state index contributed by atoms with van der Waals surface area (Å²) in [7, 11) is 0. The highest BCUT2D eigenvalue weighted by atomic mass is 14.5. The van der Waals surface area contributed by atoms with Gasteiger partial charge in [0.2, 0.25) is 0 Å². The first-order valence-electron chi connectivity index (χ1n) is 13.0. The van der Waals surface area contributed by atoms with Crippen LogP contribution < -0.4 is 0 Å². The van der Waals surface area contributed by atoms with Gasteiger partial charge in [-0.15, -0.1) is 0 Å². The van der Waals surface area contributed by atoms with Crippen molar-refractivity contribution in [3.63, 3.8) is 0 Å². The highest BCUT2D eigenvalue weighted by molar-refractivity contribution is 6.06. The van der Waals surface area contributed by atoms with Crippen molar-refractivity contribution >= 4 is 16.3 Å². The van der Waals surface area contributed by atoms with Crippen molar-refractivity contribution in [3.05, 3.63) is 149 Å². The average molecular weight is 459 g/mol. The minimum atomic E-state index is -0.304. The molecule has 0 aliphatic heterocycles. The van der Waals surface area contributed by atoms with Crippen LogP contribution in [0.2, 0.25) is 0 Å². The standard InChI is InChI=1S/C36H26/c1-23-15-18-28-29-19-16-26(24-9-3-2-4-10-24)22-34(29)36(33(28)21-23)31-14-8-7-13-30(31)35-27-12-6-5-11-25(27)17-20-32(35)36/h3,5-22H,2,4H2,1H3. The lowest BCUT2D eigenvalue weighted by atomic mass is 9.70. The van der Waals surface area contributed by atoms with Gasteiger partial charge in [-0.25, -0.2) is 0 Å². The summed E-state index contributed by atoms with van der Waals surface area (Å²) in [5.74, 6) is 0. The molecule has 3 aliphatic carbocycles. The molecular formula is C36H26. The van der Waals surface area contributed by atoms with Crippen LogP contribution in [-0.4, -0.2) is 0 Å². The van der Waals surface area contributed by atoms with E-state index in [1.807, 2.05) is 0 Å². The van der Waals surface area contributed by atoms with Crippen molar-refractivity contribution in [3.8, 4) is 22.3 Å². The van der Waals surface area contributed by atoms with E-state index in [1.165, 1.54) is 72.0 Å². The van der Waals surface area contributed by atoms with E-state index in [1.54, 1.807) is 0 Å². The molecule has 0 saturated carbocycles. The summed E-state index contributed by atoms with van der Waals surface area (Å²) >= 11 is 0. The fourth-order valence-corrected chi connectivity index (χ4v) is 7.07. The van der Waals surface area contributed by atoms with Gasteiger partial charge in [-0.05, 0) is 92.2 Å². The Balaban J connectivity index is 1.55. The van der Waals surface area contributed by atoms with E-state index < -0.39 is 0 Å². The molecule has 0 heterocycles. The summed E-state index contributed by atoms with van der Waals surface area (Å²) in [6, 6.07) is 37.0. The van der Waals surface area contributed by atoms with Crippen molar-refractivity contribution in [2.75, 3.05) is 0 Å². The van der Waals surface area contributed by atoms with Crippen LogP contribution in [0.3, 0.4) is 0 Å². The van der Waals surface area contributed by atoms with Gasteiger partial charge in [0.15, 0.2) is 0 Å². The molecule has 1 atom stereocenters. The molecule has 0 N–H and O–H groups in total. The number of aryl methyl sites for hydroxylation is 1. The van der Waals surface area contributed by atoms with Crippen molar-refractivity contribution in [2.45, 2.75) is 25.2 Å². The molecule has 0 saturated heterocycles. The van der Waals surface area contributed by atoms with Gasteiger partial charge in [0.25, 0.3) is 0 Å². The molecule has 0 amide bonds. The van der Waals surface area contributed by atoms with Crippen molar-refractivity contribution < 1.29 is 0 Å².